The molecule has 0 aliphatic rings. The molecule has 0 saturated carbocycles. The SMILES string of the molecule is Cc1cccc(NS(=O)(=O)c2ccc(C)c(C(=O)Nc3ccccc3C)c2)c1. The number of sulfonamides is 1. The molecular formula is C22H22N2O3S. The van der Waals surface area contributed by atoms with Crippen molar-refractivity contribution >= 4 is 27.3 Å². The lowest BCUT2D eigenvalue weighted by molar-refractivity contribution is 0.102. The van der Waals surface area contributed by atoms with Crippen LogP contribution in [0.2, 0.25) is 0 Å². The Kier molecular flexibility index (Phi) is 5.51. The van der Waals surface area contributed by atoms with E-state index in [-0.39, 0.29) is 10.8 Å². The topological polar surface area (TPSA) is 75.3 Å². The van der Waals surface area contributed by atoms with E-state index in [2.05, 4.69) is 10.0 Å². The normalized spacial score (nSPS) is 11.1. The monoisotopic (exact) mass is 394 g/mol. The molecule has 0 spiro atoms. The first-order valence-electron chi connectivity index (χ1n) is 8.83. The van der Waals surface area contributed by atoms with Crippen molar-refractivity contribution in [3.05, 3.63) is 89.0 Å². The zero-order chi connectivity index (χ0) is 20.3. The molecule has 0 fully saturated rings. The van der Waals surface area contributed by atoms with Crippen molar-refractivity contribution in [3.63, 3.8) is 0 Å². The fourth-order valence-electron chi connectivity index (χ4n) is 2.84. The fourth-order valence-corrected chi connectivity index (χ4v) is 3.91. The minimum absolute atomic E-state index is 0.0366. The second-order valence-corrected chi connectivity index (χ2v) is 8.40. The van der Waals surface area contributed by atoms with Crippen LogP contribution < -0.4 is 10.0 Å². The summed E-state index contributed by atoms with van der Waals surface area (Å²) in [4.78, 5) is 12.8. The molecule has 3 aromatic rings. The molecule has 0 unspecified atom stereocenters. The van der Waals surface area contributed by atoms with Crippen LogP contribution in [-0.2, 0) is 10.0 Å². The lowest BCUT2D eigenvalue weighted by atomic mass is 10.1. The second-order valence-electron chi connectivity index (χ2n) is 6.72. The molecule has 0 saturated heterocycles. The minimum Gasteiger partial charge on any atom is -0.322 e. The summed E-state index contributed by atoms with van der Waals surface area (Å²) in [5, 5.41) is 2.85. The van der Waals surface area contributed by atoms with Crippen LogP contribution in [0.25, 0.3) is 0 Å². The first kappa shape index (κ1) is 19.6. The van der Waals surface area contributed by atoms with Gasteiger partial charge in [-0.05, 0) is 67.8 Å². The Balaban J connectivity index is 1.90. The number of hydrogen-bond acceptors (Lipinski definition) is 3. The molecule has 0 heterocycles. The highest BCUT2D eigenvalue weighted by Gasteiger charge is 2.19. The van der Waals surface area contributed by atoms with Crippen LogP contribution in [0.1, 0.15) is 27.0 Å². The third-order valence-electron chi connectivity index (χ3n) is 4.43. The molecule has 144 valence electrons. The van der Waals surface area contributed by atoms with Crippen LogP contribution in [0.4, 0.5) is 11.4 Å². The molecular weight excluding hydrogens is 372 g/mol. The van der Waals surface area contributed by atoms with E-state index < -0.39 is 10.0 Å². The highest BCUT2D eigenvalue weighted by molar-refractivity contribution is 7.92. The first-order chi connectivity index (χ1) is 13.3. The summed E-state index contributed by atoms with van der Waals surface area (Å²) in [6.45, 7) is 5.56. The number of anilines is 2. The van der Waals surface area contributed by atoms with Gasteiger partial charge in [-0.1, -0.05) is 36.4 Å². The predicted molar refractivity (Wildman–Crippen MR) is 112 cm³/mol. The number of carbonyl (C=O) groups excluding carboxylic acids is 1. The van der Waals surface area contributed by atoms with Gasteiger partial charge in [-0.3, -0.25) is 9.52 Å². The van der Waals surface area contributed by atoms with Crippen molar-refractivity contribution in [2.45, 2.75) is 25.7 Å². The maximum atomic E-state index is 12.8. The van der Waals surface area contributed by atoms with Crippen molar-refractivity contribution in [1.29, 1.82) is 0 Å². The summed E-state index contributed by atoms with van der Waals surface area (Å²) in [6, 6.07) is 19.1. The molecule has 0 aliphatic carbocycles. The number of rotatable bonds is 5. The van der Waals surface area contributed by atoms with Gasteiger partial charge in [-0.2, -0.15) is 0 Å². The van der Waals surface area contributed by atoms with Gasteiger partial charge < -0.3 is 5.32 Å². The average Bonchev–Trinajstić information content (AvgIpc) is 2.63. The number of hydrogen-bond donors (Lipinski definition) is 2. The number of carbonyl (C=O) groups is 1. The van der Waals surface area contributed by atoms with Gasteiger partial charge in [0.25, 0.3) is 15.9 Å². The molecule has 2 N–H and O–H groups in total. The quantitative estimate of drug-likeness (QED) is 0.661. The van der Waals surface area contributed by atoms with E-state index >= 15 is 0 Å². The van der Waals surface area contributed by atoms with E-state index in [1.165, 1.54) is 12.1 Å². The van der Waals surface area contributed by atoms with Crippen LogP contribution in [0.15, 0.2) is 71.6 Å². The molecule has 0 radical (unpaired) electrons. The number of nitrogens with one attached hydrogen (secondary N) is 2. The van der Waals surface area contributed by atoms with E-state index in [0.29, 0.717) is 22.5 Å². The summed E-state index contributed by atoms with van der Waals surface area (Å²) >= 11 is 0. The zero-order valence-corrected chi connectivity index (χ0v) is 16.8. The zero-order valence-electron chi connectivity index (χ0n) is 16.0. The minimum atomic E-state index is -3.81. The Morgan fingerprint density at radius 3 is 2.29 bits per heavy atom. The summed E-state index contributed by atoms with van der Waals surface area (Å²) in [5.74, 6) is -0.348. The third-order valence-corrected chi connectivity index (χ3v) is 5.81. The summed E-state index contributed by atoms with van der Waals surface area (Å²) in [6.07, 6.45) is 0. The molecule has 0 aromatic heterocycles. The van der Waals surface area contributed by atoms with Crippen LogP contribution in [-0.4, -0.2) is 14.3 Å². The van der Waals surface area contributed by atoms with Crippen molar-refractivity contribution < 1.29 is 13.2 Å². The Morgan fingerprint density at radius 1 is 0.821 bits per heavy atom. The molecule has 3 rings (SSSR count). The standard InChI is InChI=1S/C22H22N2O3S/c1-15-7-6-9-18(13-15)24-28(26,27)19-12-11-16(2)20(14-19)22(25)23-21-10-5-4-8-17(21)3/h4-14,24H,1-3H3,(H,23,25). The van der Waals surface area contributed by atoms with E-state index in [1.807, 2.05) is 44.2 Å². The van der Waals surface area contributed by atoms with Gasteiger partial charge in [0.1, 0.15) is 0 Å². The van der Waals surface area contributed by atoms with Gasteiger partial charge in [0.2, 0.25) is 0 Å². The van der Waals surface area contributed by atoms with Crippen molar-refractivity contribution in [2.75, 3.05) is 10.0 Å². The van der Waals surface area contributed by atoms with Crippen LogP contribution in [0, 0.1) is 20.8 Å². The lowest BCUT2D eigenvalue weighted by Gasteiger charge is -2.13. The van der Waals surface area contributed by atoms with E-state index in [1.54, 1.807) is 31.2 Å². The average molecular weight is 394 g/mol. The third kappa shape index (κ3) is 4.40. The largest absolute Gasteiger partial charge is 0.322 e. The maximum Gasteiger partial charge on any atom is 0.261 e. The second kappa shape index (κ2) is 7.86. The lowest BCUT2D eigenvalue weighted by Crippen LogP contribution is -2.17. The van der Waals surface area contributed by atoms with Crippen LogP contribution in [0.5, 0.6) is 0 Å². The van der Waals surface area contributed by atoms with Gasteiger partial charge >= 0.3 is 0 Å². The van der Waals surface area contributed by atoms with Crippen LogP contribution >= 0.6 is 0 Å². The van der Waals surface area contributed by atoms with Gasteiger partial charge in [0, 0.05) is 16.9 Å². The summed E-state index contributed by atoms with van der Waals surface area (Å²) in [7, 11) is -3.81. The Labute approximate surface area is 165 Å². The number of para-hydroxylation sites is 1. The highest BCUT2D eigenvalue weighted by atomic mass is 32.2. The molecule has 28 heavy (non-hydrogen) atoms. The fraction of sp³-hybridized carbons (Fsp3) is 0.136. The molecule has 5 nitrogen and oxygen atoms in total. The number of aryl methyl sites for hydroxylation is 3. The summed E-state index contributed by atoms with van der Waals surface area (Å²) in [5.41, 5.74) is 4.06. The Bertz CT molecular complexity index is 1140. The molecule has 6 heteroatoms. The Hall–Kier alpha value is -3.12. The molecule has 0 aliphatic heterocycles. The smallest absolute Gasteiger partial charge is 0.261 e. The number of amides is 1. The Morgan fingerprint density at radius 2 is 1.57 bits per heavy atom. The molecule has 0 atom stereocenters. The van der Waals surface area contributed by atoms with Gasteiger partial charge in [0.15, 0.2) is 0 Å². The first-order valence-corrected chi connectivity index (χ1v) is 10.3. The van der Waals surface area contributed by atoms with Gasteiger partial charge in [-0.25, -0.2) is 8.42 Å². The van der Waals surface area contributed by atoms with Crippen molar-refractivity contribution in [3.8, 4) is 0 Å². The van der Waals surface area contributed by atoms with Gasteiger partial charge in [0.05, 0.1) is 4.90 Å². The van der Waals surface area contributed by atoms with Gasteiger partial charge in [-0.15, -0.1) is 0 Å². The van der Waals surface area contributed by atoms with Crippen molar-refractivity contribution in [2.24, 2.45) is 0 Å². The molecule has 3 aromatic carbocycles. The van der Waals surface area contributed by atoms with Crippen LogP contribution in [0.3, 0.4) is 0 Å². The molecule has 1 amide bonds. The molecule has 0 bridgehead atoms. The van der Waals surface area contributed by atoms with E-state index in [0.717, 1.165) is 11.1 Å². The summed E-state index contributed by atoms with van der Waals surface area (Å²) < 4.78 is 28.1. The van der Waals surface area contributed by atoms with E-state index in [9.17, 15) is 13.2 Å². The van der Waals surface area contributed by atoms with Crippen molar-refractivity contribution in [1.82, 2.24) is 0 Å². The highest BCUT2D eigenvalue weighted by Crippen LogP contribution is 2.21. The predicted octanol–water partition coefficient (Wildman–Crippen LogP) is 4.66. The van der Waals surface area contributed by atoms with E-state index in [4.69, 9.17) is 0 Å². The maximum absolute atomic E-state index is 12.8. The number of benzene rings is 3.